The van der Waals surface area contributed by atoms with Gasteiger partial charge in [-0.15, -0.1) is 0 Å². The van der Waals surface area contributed by atoms with Crippen molar-refractivity contribution in [3.63, 3.8) is 0 Å². The lowest BCUT2D eigenvalue weighted by atomic mass is 10.6. The second kappa shape index (κ2) is 5.28. The van der Waals surface area contributed by atoms with Crippen LogP contribution in [0.15, 0.2) is 12.3 Å². The van der Waals surface area contributed by atoms with Gasteiger partial charge in [0.05, 0.1) is 7.11 Å². The van der Waals surface area contributed by atoms with E-state index in [0.717, 1.165) is 4.68 Å². The van der Waals surface area contributed by atoms with Crippen LogP contribution >= 0.6 is 0 Å². The number of methoxy groups -OCH3 is 1. The molecule has 0 bridgehead atoms. The maximum atomic E-state index is 11.9. The summed E-state index contributed by atoms with van der Waals surface area (Å²) < 4.78 is 29.4. The predicted octanol–water partition coefficient (Wildman–Crippen LogP) is 0.733. The van der Waals surface area contributed by atoms with E-state index in [9.17, 15) is 13.6 Å². The topological polar surface area (TPSA) is 56.1 Å². The molecule has 0 aliphatic heterocycles. The highest BCUT2D eigenvalue weighted by Crippen LogP contribution is 2.04. The Morgan fingerprint density at radius 1 is 1.73 bits per heavy atom. The Bertz CT molecular complexity index is 327. The van der Waals surface area contributed by atoms with Crippen LogP contribution in [0.4, 0.5) is 14.6 Å². The van der Waals surface area contributed by atoms with E-state index in [1.807, 2.05) is 0 Å². The molecule has 0 unspecified atom stereocenters. The lowest BCUT2D eigenvalue weighted by molar-refractivity contribution is -0.138. The molecule has 84 valence electrons. The molecule has 0 atom stereocenters. The molecule has 0 fully saturated rings. The molecule has 0 spiro atoms. The van der Waals surface area contributed by atoms with Crippen molar-refractivity contribution in [1.82, 2.24) is 9.78 Å². The Kier molecular flexibility index (Phi) is 4.02. The van der Waals surface area contributed by atoms with Gasteiger partial charge in [-0.25, -0.2) is 8.78 Å². The average Bonchev–Trinajstić information content (AvgIpc) is 2.61. The first kappa shape index (κ1) is 11.4. The first-order chi connectivity index (χ1) is 7.11. The second-order valence-corrected chi connectivity index (χ2v) is 2.74. The van der Waals surface area contributed by atoms with E-state index in [0.29, 0.717) is 5.82 Å². The number of rotatable bonds is 5. The lowest BCUT2D eigenvalue weighted by Crippen LogP contribution is -2.15. The van der Waals surface area contributed by atoms with Gasteiger partial charge in [0.15, 0.2) is 0 Å². The number of alkyl halides is 2. The van der Waals surface area contributed by atoms with Gasteiger partial charge in [-0.05, 0) is 0 Å². The number of halogens is 2. The van der Waals surface area contributed by atoms with Gasteiger partial charge in [-0.1, -0.05) is 0 Å². The van der Waals surface area contributed by atoms with E-state index >= 15 is 0 Å². The minimum atomic E-state index is -2.45. The van der Waals surface area contributed by atoms with Crippen molar-refractivity contribution in [2.24, 2.45) is 0 Å². The molecule has 0 aromatic carbocycles. The predicted molar refractivity (Wildman–Crippen MR) is 48.7 cm³/mol. The van der Waals surface area contributed by atoms with E-state index in [1.54, 1.807) is 0 Å². The van der Waals surface area contributed by atoms with Gasteiger partial charge < -0.3 is 10.1 Å². The van der Waals surface area contributed by atoms with E-state index in [2.05, 4.69) is 15.2 Å². The third-order valence-electron chi connectivity index (χ3n) is 1.61. The third kappa shape index (κ3) is 3.92. The monoisotopic (exact) mass is 219 g/mol. The number of carbonyl (C=O) groups excluding carboxylic acids is 1. The Morgan fingerprint density at radius 2 is 2.47 bits per heavy atom. The van der Waals surface area contributed by atoms with Gasteiger partial charge >= 0.3 is 5.97 Å². The Balaban J connectivity index is 2.42. The molecule has 1 N–H and O–H groups in total. The van der Waals surface area contributed by atoms with Crippen LogP contribution < -0.4 is 5.32 Å². The molecule has 0 radical (unpaired) electrons. The molecular weight excluding hydrogens is 208 g/mol. The molecule has 0 amide bonds. The van der Waals surface area contributed by atoms with Crippen molar-refractivity contribution in [2.75, 3.05) is 19.0 Å². The summed E-state index contributed by atoms with van der Waals surface area (Å²) in [7, 11) is 1.26. The molecule has 1 aromatic heterocycles. The molecule has 1 rings (SSSR count). The normalized spacial score (nSPS) is 10.4. The summed E-state index contributed by atoms with van der Waals surface area (Å²) in [6.07, 6.45) is -1.04. The highest BCUT2D eigenvalue weighted by molar-refractivity contribution is 5.74. The van der Waals surface area contributed by atoms with E-state index in [-0.39, 0.29) is 6.54 Å². The molecule has 0 saturated heterocycles. The number of aromatic nitrogens is 2. The first-order valence-corrected chi connectivity index (χ1v) is 4.24. The van der Waals surface area contributed by atoms with Gasteiger partial charge in [0, 0.05) is 12.3 Å². The van der Waals surface area contributed by atoms with Crippen LogP contribution in [0.2, 0.25) is 0 Å². The van der Waals surface area contributed by atoms with Crippen LogP contribution in [-0.4, -0.2) is 35.8 Å². The van der Waals surface area contributed by atoms with Gasteiger partial charge in [-0.3, -0.25) is 9.48 Å². The average molecular weight is 219 g/mol. The summed E-state index contributed by atoms with van der Waals surface area (Å²) in [4.78, 5) is 10.7. The molecule has 5 nitrogen and oxygen atoms in total. The number of hydrogen-bond acceptors (Lipinski definition) is 4. The van der Waals surface area contributed by atoms with Crippen molar-refractivity contribution < 1.29 is 18.3 Å². The number of ether oxygens (including phenoxy) is 1. The molecule has 0 aliphatic rings. The Morgan fingerprint density at radius 3 is 3.07 bits per heavy atom. The van der Waals surface area contributed by atoms with Gasteiger partial charge in [0.25, 0.3) is 6.43 Å². The summed E-state index contributed by atoms with van der Waals surface area (Å²) in [6, 6.07) is 1.51. The molecule has 1 aromatic rings. The van der Waals surface area contributed by atoms with Crippen molar-refractivity contribution >= 4 is 11.8 Å². The minimum absolute atomic E-state index is 0.0395. The minimum Gasteiger partial charge on any atom is -0.468 e. The number of anilines is 1. The number of hydrogen-bond donors (Lipinski definition) is 1. The van der Waals surface area contributed by atoms with Crippen LogP contribution in [0, 0.1) is 0 Å². The summed E-state index contributed by atoms with van der Waals surface area (Å²) in [5.74, 6) is -0.0838. The van der Waals surface area contributed by atoms with E-state index in [1.165, 1.54) is 19.4 Å². The summed E-state index contributed by atoms with van der Waals surface area (Å²) in [5.41, 5.74) is 0. The molecular formula is C8H11F2N3O2. The smallest absolute Gasteiger partial charge is 0.325 e. The molecule has 0 saturated carbocycles. The maximum Gasteiger partial charge on any atom is 0.325 e. The SMILES string of the molecule is COC(=O)CNc1ccn(CC(F)F)n1. The third-order valence-corrected chi connectivity index (χ3v) is 1.61. The van der Waals surface area contributed by atoms with Crippen molar-refractivity contribution in [1.29, 1.82) is 0 Å². The second-order valence-electron chi connectivity index (χ2n) is 2.74. The number of nitrogens with zero attached hydrogens (tertiary/aromatic N) is 2. The zero-order chi connectivity index (χ0) is 11.3. The van der Waals surface area contributed by atoms with Crippen molar-refractivity contribution in [2.45, 2.75) is 13.0 Å². The van der Waals surface area contributed by atoms with Gasteiger partial charge in [0.2, 0.25) is 0 Å². The highest BCUT2D eigenvalue weighted by atomic mass is 19.3. The number of carbonyl (C=O) groups is 1. The quantitative estimate of drug-likeness (QED) is 0.742. The molecule has 7 heteroatoms. The van der Waals surface area contributed by atoms with Crippen LogP contribution in [-0.2, 0) is 16.1 Å². The van der Waals surface area contributed by atoms with Gasteiger partial charge in [0.1, 0.15) is 18.9 Å². The van der Waals surface area contributed by atoms with Gasteiger partial charge in [-0.2, -0.15) is 5.10 Å². The highest BCUT2D eigenvalue weighted by Gasteiger charge is 2.06. The molecule has 1 heterocycles. The van der Waals surface area contributed by atoms with Crippen LogP contribution in [0.3, 0.4) is 0 Å². The first-order valence-electron chi connectivity index (χ1n) is 4.24. The van der Waals surface area contributed by atoms with Crippen LogP contribution in [0.25, 0.3) is 0 Å². The Hall–Kier alpha value is -1.66. The lowest BCUT2D eigenvalue weighted by Gasteiger charge is -2.01. The zero-order valence-corrected chi connectivity index (χ0v) is 8.11. The fourth-order valence-electron chi connectivity index (χ4n) is 0.934. The largest absolute Gasteiger partial charge is 0.468 e. The number of nitrogens with one attached hydrogen (secondary N) is 1. The molecule has 15 heavy (non-hydrogen) atoms. The van der Waals surface area contributed by atoms with Crippen molar-refractivity contribution in [3.05, 3.63) is 12.3 Å². The zero-order valence-electron chi connectivity index (χ0n) is 8.11. The standard InChI is InChI=1S/C8H11F2N3O2/c1-15-8(14)4-11-7-2-3-13(12-7)5-6(9)10/h2-3,6H,4-5H2,1H3,(H,11,12). The summed E-state index contributed by atoms with van der Waals surface area (Å²) in [6.45, 7) is -0.498. The summed E-state index contributed by atoms with van der Waals surface area (Å²) in [5, 5.41) is 6.41. The number of esters is 1. The van der Waals surface area contributed by atoms with E-state index in [4.69, 9.17) is 0 Å². The maximum absolute atomic E-state index is 11.9. The van der Waals surface area contributed by atoms with E-state index < -0.39 is 18.9 Å². The van der Waals surface area contributed by atoms with Crippen LogP contribution in [0.5, 0.6) is 0 Å². The fourth-order valence-corrected chi connectivity index (χ4v) is 0.934. The van der Waals surface area contributed by atoms with Crippen LogP contribution in [0.1, 0.15) is 0 Å². The Labute approximate surface area is 85.0 Å². The van der Waals surface area contributed by atoms with Crippen molar-refractivity contribution in [3.8, 4) is 0 Å². The summed E-state index contributed by atoms with van der Waals surface area (Å²) >= 11 is 0. The molecule has 0 aliphatic carbocycles. The fraction of sp³-hybridized carbons (Fsp3) is 0.500.